The average molecular weight is 436 g/mol. The van der Waals surface area contributed by atoms with Gasteiger partial charge in [-0.15, -0.1) is 0 Å². The highest BCUT2D eigenvalue weighted by molar-refractivity contribution is 5.80. The average Bonchev–Trinajstić information content (AvgIpc) is 3.27. The molecule has 11 heteroatoms. The number of aliphatic carboxylic acids is 1. The van der Waals surface area contributed by atoms with Crippen molar-refractivity contribution >= 4 is 11.9 Å². The first kappa shape index (κ1) is 24.2. The highest BCUT2D eigenvalue weighted by Crippen LogP contribution is 2.32. The molecular weight excluding hydrogens is 409 g/mol. The smallest absolute Gasteiger partial charge is 0.475 e. The van der Waals surface area contributed by atoms with E-state index in [2.05, 4.69) is 10.2 Å². The van der Waals surface area contributed by atoms with Crippen molar-refractivity contribution in [3.63, 3.8) is 0 Å². The van der Waals surface area contributed by atoms with Crippen LogP contribution in [0.2, 0.25) is 0 Å². The van der Waals surface area contributed by atoms with E-state index in [0.29, 0.717) is 19.2 Å². The minimum absolute atomic E-state index is 0.0133. The Morgan fingerprint density at radius 3 is 2.57 bits per heavy atom. The molecule has 3 heterocycles. The number of nitrogens with one attached hydrogen (secondary N) is 1. The van der Waals surface area contributed by atoms with Crippen LogP contribution in [0.5, 0.6) is 0 Å². The largest absolute Gasteiger partial charge is 0.490 e. The molecule has 1 aromatic rings. The first-order chi connectivity index (χ1) is 14.1. The lowest BCUT2D eigenvalue weighted by Gasteiger charge is -2.35. The molecule has 2 saturated heterocycles. The molecule has 0 aromatic carbocycles. The molecule has 2 N–H and O–H groups in total. The fourth-order valence-electron chi connectivity index (χ4n) is 3.56. The maximum atomic E-state index is 12.1. The third-order valence-electron chi connectivity index (χ3n) is 4.96. The normalized spacial score (nSPS) is 24.0. The summed E-state index contributed by atoms with van der Waals surface area (Å²) in [5.74, 6) is -0.820. The van der Waals surface area contributed by atoms with E-state index < -0.39 is 12.1 Å². The number of carboxylic acids is 1. The zero-order valence-electron chi connectivity index (χ0n) is 16.9. The summed E-state index contributed by atoms with van der Waals surface area (Å²) < 4.78 is 48.4. The van der Waals surface area contributed by atoms with Crippen molar-refractivity contribution in [2.45, 2.75) is 57.2 Å². The van der Waals surface area contributed by atoms with Gasteiger partial charge in [0.1, 0.15) is 17.6 Å². The molecule has 0 aliphatic carbocycles. The van der Waals surface area contributed by atoms with Crippen LogP contribution in [0.1, 0.15) is 30.8 Å². The summed E-state index contributed by atoms with van der Waals surface area (Å²) >= 11 is 0. The molecule has 0 saturated carbocycles. The number of likely N-dealkylation sites (tertiary alicyclic amines) is 1. The first-order valence-electron chi connectivity index (χ1n) is 9.63. The van der Waals surface area contributed by atoms with Crippen molar-refractivity contribution in [2.75, 3.05) is 26.8 Å². The minimum atomic E-state index is -5.08. The molecule has 1 amide bonds. The Hall–Kier alpha value is -2.11. The second kappa shape index (κ2) is 10.8. The van der Waals surface area contributed by atoms with E-state index in [1.165, 1.54) is 0 Å². The van der Waals surface area contributed by atoms with Crippen molar-refractivity contribution < 1.29 is 41.8 Å². The summed E-state index contributed by atoms with van der Waals surface area (Å²) in [5.41, 5.74) is 0. The minimum Gasteiger partial charge on any atom is -0.475 e. The molecule has 2 fully saturated rings. The van der Waals surface area contributed by atoms with Crippen LogP contribution in [-0.2, 0) is 25.6 Å². The van der Waals surface area contributed by atoms with Crippen molar-refractivity contribution in [1.82, 2.24) is 10.2 Å². The van der Waals surface area contributed by atoms with E-state index in [1.54, 1.807) is 7.11 Å². The Labute approximate surface area is 172 Å². The Balaban J connectivity index is 0.000000396. The fraction of sp³-hybridized carbons (Fsp3) is 0.684. The first-order valence-corrected chi connectivity index (χ1v) is 9.63. The molecule has 170 valence electrons. The lowest BCUT2D eigenvalue weighted by Crippen LogP contribution is -2.48. The molecule has 30 heavy (non-hydrogen) atoms. The van der Waals surface area contributed by atoms with Gasteiger partial charge in [0, 0.05) is 26.2 Å². The predicted octanol–water partition coefficient (Wildman–Crippen LogP) is 2.11. The van der Waals surface area contributed by atoms with Crippen LogP contribution < -0.4 is 5.32 Å². The molecule has 2 aliphatic rings. The number of ether oxygens (including phenoxy) is 2. The number of carbonyl (C=O) groups is 2. The van der Waals surface area contributed by atoms with Crippen LogP contribution in [0.15, 0.2) is 16.5 Å². The summed E-state index contributed by atoms with van der Waals surface area (Å²) in [4.78, 5) is 23.4. The Bertz CT molecular complexity index is 709. The van der Waals surface area contributed by atoms with Gasteiger partial charge in [0.15, 0.2) is 0 Å². The number of halogens is 3. The third-order valence-corrected chi connectivity index (χ3v) is 4.96. The Morgan fingerprint density at radius 1 is 1.30 bits per heavy atom. The van der Waals surface area contributed by atoms with Crippen molar-refractivity contribution in [3.8, 4) is 0 Å². The number of nitrogens with zero attached hydrogens (tertiary/aromatic N) is 1. The zero-order valence-corrected chi connectivity index (χ0v) is 16.9. The van der Waals surface area contributed by atoms with Crippen LogP contribution in [-0.4, -0.2) is 73.1 Å². The molecule has 0 spiro atoms. The summed E-state index contributed by atoms with van der Waals surface area (Å²) in [6.45, 7) is 4.84. The van der Waals surface area contributed by atoms with Gasteiger partial charge in [-0.25, -0.2) is 4.79 Å². The SMILES string of the molecule is COCCNC(=O)[C@@H]1CC[C@@H]2[C@@H](CCN2Cc2ccc(C)o2)O1.O=C(O)C(F)(F)F. The quantitative estimate of drug-likeness (QED) is 0.659. The number of hydrogen-bond acceptors (Lipinski definition) is 6. The van der Waals surface area contributed by atoms with Crippen molar-refractivity contribution in [1.29, 1.82) is 0 Å². The second-order valence-electron chi connectivity index (χ2n) is 7.17. The third kappa shape index (κ3) is 6.99. The van der Waals surface area contributed by atoms with Crippen LogP contribution in [0.3, 0.4) is 0 Å². The number of alkyl halides is 3. The summed E-state index contributed by atoms with van der Waals surface area (Å²) in [7, 11) is 1.63. The Kier molecular flexibility index (Phi) is 8.68. The van der Waals surface area contributed by atoms with Gasteiger partial charge in [-0.05, 0) is 38.3 Å². The van der Waals surface area contributed by atoms with Gasteiger partial charge < -0.3 is 24.3 Å². The maximum absolute atomic E-state index is 12.1. The lowest BCUT2D eigenvalue weighted by molar-refractivity contribution is -0.192. The maximum Gasteiger partial charge on any atom is 0.490 e. The van der Waals surface area contributed by atoms with Gasteiger partial charge in [0.25, 0.3) is 0 Å². The molecular formula is C19H27F3N2O6. The number of carbonyl (C=O) groups excluding carboxylic acids is 1. The second-order valence-corrected chi connectivity index (χ2v) is 7.17. The van der Waals surface area contributed by atoms with E-state index in [-0.39, 0.29) is 18.1 Å². The van der Waals surface area contributed by atoms with E-state index >= 15 is 0 Å². The predicted molar refractivity (Wildman–Crippen MR) is 98.7 cm³/mol. The van der Waals surface area contributed by atoms with E-state index in [1.807, 2.05) is 19.1 Å². The van der Waals surface area contributed by atoms with Crippen molar-refractivity contribution in [2.24, 2.45) is 0 Å². The molecule has 8 nitrogen and oxygen atoms in total. The number of amides is 1. The number of aryl methyl sites for hydroxylation is 1. The molecule has 3 atom stereocenters. The molecule has 2 aliphatic heterocycles. The fourth-order valence-corrected chi connectivity index (χ4v) is 3.56. The topological polar surface area (TPSA) is 101 Å². The summed E-state index contributed by atoms with van der Waals surface area (Å²) in [5, 5.41) is 9.99. The zero-order chi connectivity index (χ0) is 22.3. The number of rotatable bonds is 6. The Morgan fingerprint density at radius 2 is 2.00 bits per heavy atom. The number of fused-ring (bicyclic) bond motifs is 1. The summed E-state index contributed by atoms with van der Waals surface area (Å²) in [6.07, 6.45) is -2.51. The molecule has 0 bridgehead atoms. The van der Waals surface area contributed by atoms with E-state index in [0.717, 1.165) is 43.9 Å². The number of methoxy groups -OCH3 is 1. The summed E-state index contributed by atoms with van der Waals surface area (Å²) in [6, 6.07) is 4.43. The van der Waals surface area contributed by atoms with Crippen LogP contribution in [0.4, 0.5) is 13.2 Å². The van der Waals surface area contributed by atoms with Crippen LogP contribution in [0, 0.1) is 6.92 Å². The standard InChI is InChI=1S/C17H26N2O4.C2HF3O2/c1-12-3-4-13(22-12)11-19-9-7-15-14(19)5-6-16(23-15)17(20)18-8-10-21-2;3-2(4,5)1(6)7/h3-4,14-16H,5-11H2,1-2H3,(H,18,20);(H,6,7)/t14-,15-,16+;/m1./s1. The van der Waals surface area contributed by atoms with Gasteiger partial charge in [-0.3, -0.25) is 9.69 Å². The molecule has 0 radical (unpaired) electrons. The number of furan rings is 1. The number of carboxylic acid groups (broad SMARTS) is 1. The monoisotopic (exact) mass is 436 g/mol. The number of hydrogen-bond donors (Lipinski definition) is 2. The van der Waals surface area contributed by atoms with Crippen molar-refractivity contribution in [3.05, 3.63) is 23.7 Å². The van der Waals surface area contributed by atoms with Crippen LogP contribution >= 0.6 is 0 Å². The molecule has 1 aromatic heterocycles. The molecule has 3 rings (SSSR count). The van der Waals surface area contributed by atoms with Crippen LogP contribution in [0.25, 0.3) is 0 Å². The van der Waals surface area contributed by atoms with Gasteiger partial charge in [0.05, 0.1) is 19.3 Å². The van der Waals surface area contributed by atoms with E-state index in [4.69, 9.17) is 23.8 Å². The highest BCUT2D eigenvalue weighted by Gasteiger charge is 2.41. The molecule has 0 unspecified atom stereocenters. The van der Waals surface area contributed by atoms with Gasteiger partial charge in [0.2, 0.25) is 5.91 Å². The van der Waals surface area contributed by atoms with E-state index in [9.17, 15) is 18.0 Å². The van der Waals surface area contributed by atoms with Gasteiger partial charge >= 0.3 is 12.1 Å². The van der Waals surface area contributed by atoms with Gasteiger partial charge in [-0.2, -0.15) is 13.2 Å². The highest BCUT2D eigenvalue weighted by atomic mass is 19.4. The van der Waals surface area contributed by atoms with Gasteiger partial charge in [-0.1, -0.05) is 0 Å². The lowest BCUT2D eigenvalue weighted by atomic mass is 9.98.